The highest BCUT2D eigenvalue weighted by atomic mass is 35.5. The lowest BCUT2D eigenvalue weighted by Crippen LogP contribution is -2.31. The Morgan fingerprint density at radius 3 is 2.43 bits per heavy atom. The van der Waals surface area contributed by atoms with Gasteiger partial charge < -0.3 is 24.6 Å². The fourth-order valence-electron chi connectivity index (χ4n) is 4.12. The van der Waals surface area contributed by atoms with Crippen LogP contribution in [0, 0.1) is 0 Å². The Kier molecular flexibility index (Phi) is 7.14. The van der Waals surface area contributed by atoms with Crippen LogP contribution in [-0.2, 0) is 5.41 Å². The molecule has 1 heterocycles. The molecular weight excluding hydrogens is 429 g/mol. The van der Waals surface area contributed by atoms with Gasteiger partial charge in [-0.3, -0.25) is 4.79 Å². The number of aliphatic hydroxyl groups excluding tert-OH is 1. The summed E-state index contributed by atoms with van der Waals surface area (Å²) in [5.41, 5.74) is 0.905. The molecule has 0 spiro atoms. The largest absolute Gasteiger partial charge is 0.493 e. The number of ketones is 1. The summed E-state index contributed by atoms with van der Waals surface area (Å²) in [5.74, 6) is 1.07. The molecule has 2 N–H and O–H groups in total. The summed E-state index contributed by atoms with van der Waals surface area (Å²) in [6, 6.07) is 8.35. The zero-order valence-corrected chi connectivity index (χ0v) is 18.6. The second kappa shape index (κ2) is 9.43. The normalized spacial score (nSPS) is 20.8. The summed E-state index contributed by atoms with van der Waals surface area (Å²) in [5, 5.41) is 13.9. The number of halogens is 2. The molecule has 3 rings (SSSR count). The molecule has 0 bridgehead atoms. The number of carbonyl (C=O) groups excluding carboxylic acids is 1. The highest BCUT2D eigenvalue weighted by Crippen LogP contribution is 2.43. The number of ether oxygens (including phenoxy) is 3. The molecule has 1 aliphatic heterocycles. The lowest BCUT2D eigenvalue weighted by molar-refractivity contribution is 0.0944. The van der Waals surface area contributed by atoms with Crippen LogP contribution in [-0.4, -0.2) is 51.4 Å². The number of carbonyl (C=O) groups is 1. The Labute approximate surface area is 186 Å². The van der Waals surface area contributed by atoms with Gasteiger partial charge in [0.05, 0.1) is 43.0 Å². The third kappa shape index (κ3) is 4.10. The summed E-state index contributed by atoms with van der Waals surface area (Å²) >= 11 is 12.3. The molecule has 2 aromatic carbocycles. The van der Waals surface area contributed by atoms with Crippen LogP contribution in [0.25, 0.3) is 0 Å². The van der Waals surface area contributed by atoms with Crippen molar-refractivity contribution in [2.24, 2.45) is 0 Å². The van der Waals surface area contributed by atoms with Gasteiger partial charge >= 0.3 is 0 Å². The highest BCUT2D eigenvalue weighted by Gasteiger charge is 2.43. The molecule has 0 saturated carbocycles. The molecule has 0 aromatic heterocycles. The van der Waals surface area contributed by atoms with Crippen LogP contribution in [0.2, 0.25) is 10.0 Å². The van der Waals surface area contributed by atoms with Crippen LogP contribution < -0.4 is 19.5 Å². The molecule has 1 saturated heterocycles. The number of aliphatic hydroxyl groups is 1. The van der Waals surface area contributed by atoms with Gasteiger partial charge in [-0.15, -0.1) is 0 Å². The first kappa shape index (κ1) is 22.7. The fraction of sp³-hybridized carbons (Fsp3) is 0.409. The van der Waals surface area contributed by atoms with Crippen molar-refractivity contribution in [1.29, 1.82) is 0 Å². The first-order valence-corrected chi connectivity index (χ1v) is 10.3. The van der Waals surface area contributed by atoms with Crippen molar-refractivity contribution in [3.63, 3.8) is 0 Å². The number of hydrogen-bond donors (Lipinski definition) is 2. The van der Waals surface area contributed by atoms with Crippen molar-refractivity contribution in [1.82, 2.24) is 5.32 Å². The quantitative estimate of drug-likeness (QED) is 0.590. The van der Waals surface area contributed by atoms with E-state index in [-0.39, 0.29) is 12.4 Å². The third-order valence-corrected chi connectivity index (χ3v) is 6.43. The number of benzene rings is 2. The molecule has 0 aliphatic carbocycles. The van der Waals surface area contributed by atoms with E-state index in [0.29, 0.717) is 52.2 Å². The molecule has 6 nitrogen and oxygen atoms in total. The monoisotopic (exact) mass is 453 g/mol. The second-order valence-electron chi connectivity index (χ2n) is 7.27. The topological polar surface area (TPSA) is 77.0 Å². The van der Waals surface area contributed by atoms with Crippen molar-refractivity contribution in [2.75, 3.05) is 34.5 Å². The number of methoxy groups -OCH3 is 3. The van der Waals surface area contributed by atoms with Crippen LogP contribution in [0.15, 0.2) is 30.3 Å². The van der Waals surface area contributed by atoms with Gasteiger partial charge in [-0.05, 0) is 42.7 Å². The van der Waals surface area contributed by atoms with E-state index in [1.807, 2.05) is 12.1 Å². The average Bonchev–Trinajstić information content (AvgIpc) is 3.19. The number of hydrogen-bond acceptors (Lipinski definition) is 6. The molecule has 2 atom stereocenters. The molecular formula is C22H25Cl2NO5. The van der Waals surface area contributed by atoms with Crippen molar-refractivity contribution in [3.8, 4) is 17.2 Å². The van der Waals surface area contributed by atoms with Gasteiger partial charge in [-0.1, -0.05) is 29.3 Å². The lowest BCUT2D eigenvalue weighted by Gasteiger charge is -2.29. The van der Waals surface area contributed by atoms with Gasteiger partial charge in [0.25, 0.3) is 0 Å². The maximum Gasteiger partial charge on any atom is 0.204 e. The third-order valence-electron chi connectivity index (χ3n) is 5.69. The zero-order valence-electron chi connectivity index (χ0n) is 17.1. The summed E-state index contributed by atoms with van der Waals surface area (Å²) in [6.07, 6.45) is 0.993. The maximum absolute atomic E-state index is 13.4. The van der Waals surface area contributed by atoms with Gasteiger partial charge in [0.15, 0.2) is 17.3 Å². The Bertz CT molecular complexity index is 936. The van der Waals surface area contributed by atoms with Gasteiger partial charge in [0.1, 0.15) is 0 Å². The minimum absolute atomic E-state index is 0.0114. The van der Waals surface area contributed by atoms with Gasteiger partial charge in [0, 0.05) is 18.6 Å². The van der Waals surface area contributed by atoms with Crippen molar-refractivity contribution in [2.45, 2.75) is 24.3 Å². The Morgan fingerprint density at radius 2 is 1.83 bits per heavy atom. The van der Waals surface area contributed by atoms with E-state index in [0.717, 1.165) is 5.56 Å². The molecule has 2 unspecified atom stereocenters. The molecule has 1 fully saturated rings. The van der Waals surface area contributed by atoms with Gasteiger partial charge in [0.2, 0.25) is 5.75 Å². The zero-order chi connectivity index (χ0) is 21.9. The van der Waals surface area contributed by atoms with Crippen molar-refractivity contribution in [3.05, 3.63) is 51.5 Å². The first-order chi connectivity index (χ1) is 14.4. The number of rotatable bonds is 8. The van der Waals surface area contributed by atoms with E-state index in [1.165, 1.54) is 21.3 Å². The highest BCUT2D eigenvalue weighted by molar-refractivity contribution is 6.42. The second-order valence-corrected chi connectivity index (χ2v) is 8.08. The van der Waals surface area contributed by atoms with Gasteiger partial charge in [-0.2, -0.15) is 0 Å². The maximum atomic E-state index is 13.4. The Morgan fingerprint density at radius 1 is 1.10 bits per heavy atom. The summed E-state index contributed by atoms with van der Waals surface area (Å²) in [7, 11) is 4.51. The van der Waals surface area contributed by atoms with E-state index in [9.17, 15) is 9.90 Å². The lowest BCUT2D eigenvalue weighted by atomic mass is 9.75. The van der Waals surface area contributed by atoms with E-state index in [4.69, 9.17) is 37.4 Å². The molecule has 0 radical (unpaired) electrons. The standard InChI is InChI=1S/C22H25Cl2NO5/c1-28-18-7-5-14(20(29-2)21(18)30-3)19(27)17-11-22(8-9-26,12-25-17)13-4-6-15(23)16(24)10-13/h4-7,10,17,25-26H,8-9,11-12H2,1-3H3. The van der Waals surface area contributed by atoms with E-state index in [1.54, 1.807) is 18.2 Å². The Hall–Kier alpha value is -1.99. The molecule has 30 heavy (non-hydrogen) atoms. The van der Waals surface area contributed by atoms with Crippen LogP contribution in [0.1, 0.15) is 28.8 Å². The smallest absolute Gasteiger partial charge is 0.204 e. The number of Topliss-reactive ketones (excluding diaryl/α,β-unsaturated/α-hetero) is 1. The minimum Gasteiger partial charge on any atom is -0.493 e. The van der Waals surface area contributed by atoms with Crippen molar-refractivity contribution < 1.29 is 24.1 Å². The predicted molar refractivity (Wildman–Crippen MR) is 117 cm³/mol. The Balaban J connectivity index is 1.94. The molecule has 162 valence electrons. The number of nitrogens with one attached hydrogen (secondary N) is 1. The minimum atomic E-state index is -0.460. The summed E-state index contributed by atoms with van der Waals surface area (Å²) in [4.78, 5) is 13.4. The van der Waals surface area contributed by atoms with Crippen LogP contribution in [0.3, 0.4) is 0 Å². The first-order valence-electron chi connectivity index (χ1n) is 9.53. The van der Waals surface area contributed by atoms with Crippen LogP contribution in [0.5, 0.6) is 17.2 Å². The molecule has 1 aliphatic rings. The van der Waals surface area contributed by atoms with E-state index < -0.39 is 11.5 Å². The molecule has 0 amide bonds. The average molecular weight is 454 g/mol. The van der Waals surface area contributed by atoms with E-state index in [2.05, 4.69) is 5.32 Å². The SMILES string of the molecule is COc1ccc(C(=O)C2CC(CCO)(c3ccc(Cl)c(Cl)c3)CN2)c(OC)c1OC. The molecule has 2 aromatic rings. The van der Waals surface area contributed by atoms with Crippen LogP contribution in [0.4, 0.5) is 0 Å². The van der Waals surface area contributed by atoms with Crippen molar-refractivity contribution >= 4 is 29.0 Å². The summed E-state index contributed by atoms with van der Waals surface area (Å²) < 4.78 is 16.2. The predicted octanol–water partition coefficient (Wildman–Crippen LogP) is 3.88. The van der Waals surface area contributed by atoms with E-state index >= 15 is 0 Å². The fourth-order valence-corrected chi connectivity index (χ4v) is 4.41. The van der Waals surface area contributed by atoms with Gasteiger partial charge in [-0.25, -0.2) is 0 Å². The molecule has 8 heteroatoms. The summed E-state index contributed by atoms with van der Waals surface area (Å²) in [6.45, 7) is 0.514. The van der Waals surface area contributed by atoms with Crippen LogP contribution >= 0.6 is 23.2 Å².